The molecule has 7 nitrogen and oxygen atoms in total. The Kier molecular flexibility index (Phi) is 6.84. The number of hydrogen-bond acceptors (Lipinski definition) is 7. The maximum atomic E-state index is 12.2. The highest BCUT2D eigenvalue weighted by atomic mass is 16.6. The first-order valence-electron chi connectivity index (χ1n) is 7.75. The van der Waals surface area contributed by atoms with E-state index in [1.54, 1.807) is 42.5 Å². The molecular formula is C19H20O7. The summed E-state index contributed by atoms with van der Waals surface area (Å²) in [6.07, 6.45) is 0. The van der Waals surface area contributed by atoms with Crippen LogP contribution in [0.1, 0.15) is 10.4 Å². The van der Waals surface area contributed by atoms with E-state index in [0.717, 1.165) is 0 Å². The van der Waals surface area contributed by atoms with Gasteiger partial charge in [-0.05, 0) is 24.3 Å². The molecule has 0 unspecified atom stereocenters. The van der Waals surface area contributed by atoms with Crippen LogP contribution >= 0.6 is 0 Å². The Morgan fingerprint density at radius 3 is 2.15 bits per heavy atom. The summed E-state index contributed by atoms with van der Waals surface area (Å²) in [5, 5.41) is 0. The third-order valence-corrected chi connectivity index (χ3v) is 3.49. The number of hydrogen-bond donors (Lipinski definition) is 0. The topological polar surface area (TPSA) is 80.3 Å². The van der Waals surface area contributed by atoms with Crippen LogP contribution in [0.5, 0.6) is 23.0 Å². The predicted molar refractivity (Wildman–Crippen MR) is 93.3 cm³/mol. The summed E-state index contributed by atoms with van der Waals surface area (Å²) in [5.41, 5.74) is 0.298. The second-order valence-corrected chi connectivity index (χ2v) is 5.09. The molecule has 0 aliphatic heterocycles. The monoisotopic (exact) mass is 360 g/mol. The second kappa shape index (κ2) is 9.31. The SMILES string of the molecule is COc1ccc(C(=O)COC(=O)COc2ccccc2OC)c(OC)c1. The number of carbonyl (C=O) groups excluding carboxylic acids is 2. The summed E-state index contributed by atoms with van der Waals surface area (Å²) in [6.45, 7) is -0.760. The van der Waals surface area contributed by atoms with Gasteiger partial charge < -0.3 is 23.7 Å². The first-order chi connectivity index (χ1) is 12.6. The molecule has 2 aromatic carbocycles. The number of rotatable bonds is 9. The van der Waals surface area contributed by atoms with Crippen molar-refractivity contribution in [3.05, 3.63) is 48.0 Å². The lowest BCUT2D eigenvalue weighted by Crippen LogP contribution is -2.20. The highest BCUT2D eigenvalue weighted by Gasteiger charge is 2.16. The van der Waals surface area contributed by atoms with Crippen LogP contribution in [0.2, 0.25) is 0 Å². The summed E-state index contributed by atoms with van der Waals surface area (Å²) >= 11 is 0. The van der Waals surface area contributed by atoms with E-state index in [-0.39, 0.29) is 6.61 Å². The molecule has 0 saturated carbocycles. The number of ketones is 1. The zero-order valence-electron chi connectivity index (χ0n) is 14.8. The molecule has 0 N–H and O–H groups in total. The van der Waals surface area contributed by atoms with E-state index in [1.807, 2.05) is 0 Å². The summed E-state index contributed by atoms with van der Waals surface area (Å²) in [5.74, 6) is 0.748. The first-order valence-corrected chi connectivity index (χ1v) is 7.75. The third-order valence-electron chi connectivity index (χ3n) is 3.49. The number of esters is 1. The van der Waals surface area contributed by atoms with Gasteiger partial charge in [-0.3, -0.25) is 4.79 Å². The normalized spacial score (nSPS) is 9.96. The predicted octanol–water partition coefficient (Wildman–Crippen LogP) is 2.52. The van der Waals surface area contributed by atoms with E-state index in [2.05, 4.69) is 0 Å². The quantitative estimate of drug-likeness (QED) is 0.502. The van der Waals surface area contributed by atoms with Crippen LogP contribution < -0.4 is 18.9 Å². The molecule has 0 bridgehead atoms. The lowest BCUT2D eigenvalue weighted by atomic mass is 10.1. The molecular weight excluding hydrogens is 340 g/mol. The van der Waals surface area contributed by atoms with Gasteiger partial charge in [0.05, 0.1) is 26.9 Å². The molecule has 138 valence electrons. The van der Waals surface area contributed by atoms with Gasteiger partial charge in [-0.1, -0.05) is 12.1 Å². The van der Waals surface area contributed by atoms with Crippen molar-refractivity contribution < 1.29 is 33.3 Å². The van der Waals surface area contributed by atoms with E-state index in [0.29, 0.717) is 28.6 Å². The van der Waals surface area contributed by atoms with Gasteiger partial charge in [0, 0.05) is 6.07 Å². The molecule has 26 heavy (non-hydrogen) atoms. The van der Waals surface area contributed by atoms with Crippen molar-refractivity contribution in [2.45, 2.75) is 0 Å². The molecule has 0 atom stereocenters. The number of methoxy groups -OCH3 is 3. The highest BCUT2D eigenvalue weighted by Crippen LogP contribution is 2.26. The van der Waals surface area contributed by atoms with Crippen molar-refractivity contribution in [1.82, 2.24) is 0 Å². The molecule has 0 fully saturated rings. The molecule has 0 radical (unpaired) electrons. The lowest BCUT2D eigenvalue weighted by Gasteiger charge is -2.11. The van der Waals surface area contributed by atoms with E-state index >= 15 is 0 Å². The smallest absolute Gasteiger partial charge is 0.344 e. The molecule has 7 heteroatoms. The fourth-order valence-corrected chi connectivity index (χ4v) is 2.17. The Morgan fingerprint density at radius 2 is 1.50 bits per heavy atom. The fourth-order valence-electron chi connectivity index (χ4n) is 2.17. The minimum absolute atomic E-state index is 0.298. The van der Waals surface area contributed by atoms with Crippen LogP contribution in [0.4, 0.5) is 0 Å². The number of para-hydroxylation sites is 2. The molecule has 0 heterocycles. The Bertz CT molecular complexity index is 770. The van der Waals surface area contributed by atoms with Gasteiger partial charge in [0.1, 0.15) is 11.5 Å². The third kappa shape index (κ3) is 4.89. The summed E-state index contributed by atoms with van der Waals surface area (Å²) in [4.78, 5) is 24.1. The number of ether oxygens (including phenoxy) is 5. The number of benzene rings is 2. The van der Waals surface area contributed by atoms with Crippen molar-refractivity contribution in [1.29, 1.82) is 0 Å². The summed E-state index contributed by atoms with van der Waals surface area (Å²) in [6, 6.07) is 11.7. The minimum Gasteiger partial charge on any atom is -0.497 e. The molecule has 0 amide bonds. The Balaban J connectivity index is 1.90. The van der Waals surface area contributed by atoms with Crippen molar-refractivity contribution in [3.8, 4) is 23.0 Å². The van der Waals surface area contributed by atoms with Crippen molar-refractivity contribution in [3.63, 3.8) is 0 Å². The number of Topliss-reactive ketones (excluding diaryl/α,β-unsaturated/α-hetero) is 1. The minimum atomic E-state index is -0.670. The molecule has 0 aliphatic rings. The maximum Gasteiger partial charge on any atom is 0.344 e. The number of carbonyl (C=O) groups is 2. The largest absolute Gasteiger partial charge is 0.497 e. The summed E-state index contributed by atoms with van der Waals surface area (Å²) < 4.78 is 25.7. The van der Waals surface area contributed by atoms with Gasteiger partial charge in [-0.2, -0.15) is 0 Å². The molecule has 2 aromatic rings. The molecule has 0 aromatic heterocycles. The van der Waals surface area contributed by atoms with Crippen LogP contribution in [-0.4, -0.2) is 46.3 Å². The van der Waals surface area contributed by atoms with Gasteiger partial charge in [0.15, 0.2) is 24.7 Å². The van der Waals surface area contributed by atoms with Crippen LogP contribution in [0.15, 0.2) is 42.5 Å². The molecule has 0 saturated heterocycles. The zero-order valence-corrected chi connectivity index (χ0v) is 14.8. The van der Waals surface area contributed by atoms with Crippen LogP contribution in [0, 0.1) is 0 Å². The van der Waals surface area contributed by atoms with Gasteiger partial charge >= 0.3 is 5.97 Å². The van der Waals surface area contributed by atoms with Crippen molar-refractivity contribution >= 4 is 11.8 Å². The average Bonchev–Trinajstić information content (AvgIpc) is 2.69. The van der Waals surface area contributed by atoms with Gasteiger partial charge in [-0.25, -0.2) is 4.79 Å². The maximum absolute atomic E-state index is 12.2. The Hall–Kier alpha value is -3.22. The standard InChI is InChI=1S/C19H20O7/c1-22-13-8-9-14(18(10-13)24-3)15(20)11-26-19(21)12-25-17-7-5-4-6-16(17)23-2/h4-10H,11-12H2,1-3H3. The second-order valence-electron chi connectivity index (χ2n) is 5.09. The average molecular weight is 360 g/mol. The zero-order chi connectivity index (χ0) is 18.9. The van der Waals surface area contributed by atoms with Gasteiger partial charge in [0.2, 0.25) is 5.78 Å². The van der Waals surface area contributed by atoms with Crippen LogP contribution in [0.25, 0.3) is 0 Å². The van der Waals surface area contributed by atoms with E-state index in [1.165, 1.54) is 21.3 Å². The van der Waals surface area contributed by atoms with Crippen molar-refractivity contribution in [2.24, 2.45) is 0 Å². The van der Waals surface area contributed by atoms with Crippen LogP contribution in [-0.2, 0) is 9.53 Å². The lowest BCUT2D eigenvalue weighted by molar-refractivity contribution is -0.144. The first kappa shape index (κ1) is 19.1. The molecule has 0 aliphatic carbocycles. The summed E-state index contributed by atoms with van der Waals surface area (Å²) in [7, 11) is 4.46. The molecule has 0 spiro atoms. The van der Waals surface area contributed by atoms with Crippen molar-refractivity contribution in [2.75, 3.05) is 34.5 Å². The van der Waals surface area contributed by atoms with E-state index < -0.39 is 18.4 Å². The van der Waals surface area contributed by atoms with E-state index in [4.69, 9.17) is 23.7 Å². The van der Waals surface area contributed by atoms with Crippen LogP contribution in [0.3, 0.4) is 0 Å². The molecule has 2 rings (SSSR count). The Labute approximate surface area is 151 Å². The highest BCUT2D eigenvalue weighted by molar-refractivity contribution is 6.00. The van der Waals surface area contributed by atoms with Gasteiger partial charge in [-0.15, -0.1) is 0 Å². The fraction of sp³-hybridized carbons (Fsp3) is 0.263. The van der Waals surface area contributed by atoms with E-state index in [9.17, 15) is 9.59 Å². The van der Waals surface area contributed by atoms with Gasteiger partial charge in [0.25, 0.3) is 0 Å². The Morgan fingerprint density at radius 1 is 0.808 bits per heavy atom.